The molecule has 2 aliphatic heterocycles. The minimum absolute atomic E-state index is 0.427. The standard InChI is InChI=1S/C15H26N2O/c18-15-6-5-13-11-16-9-7-14(13)17(15)10-8-12-3-1-2-4-12/h12-14,16H,1-11H2. The van der Waals surface area contributed by atoms with Crippen LogP contribution in [-0.2, 0) is 4.79 Å². The van der Waals surface area contributed by atoms with Crippen molar-refractivity contribution >= 4 is 5.91 Å². The first-order valence-corrected chi connectivity index (χ1v) is 7.85. The highest BCUT2D eigenvalue weighted by Gasteiger charge is 2.36. The lowest BCUT2D eigenvalue weighted by atomic mass is 9.84. The monoisotopic (exact) mass is 250 g/mol. The molecule has 2 atom stereocenters. The summed E-state index contributed by atoms with van der Waals surface area (Å²) >= 11 is 0. The molecule has 1 aliphatic carbocycles. The van der Waals surface area contributed by atoms with Crippen molar-refractivity contribution in [3.05, 3.63) is 0 Å². The van der Waals surface area contributed by atoms with Crippen LogP contribution in [0.2, 0.25) is 0 Å². The van der Waals surface area contributed by atoms with E-state index in [0.717, 1.165) is 44.3 Å². The molecule has 0 spiro atoms. The van der Waals surface area contributed by atoms with Gasteiger partial charge in [0.2, 0.25) is 5.91 Å². The first kappa shape index (κ1) is 12.5. The average Bonchev–Trinajstić information content (AvgIpc) is 2.91. The molecule has 102 valence electrons. The van der Waals surface area contributed by atoms with E-state index >= 15 is 0 Å². The van der Waals surface area contributed by atoms with Crippen LogP contribution in [0, 0.1) is 11.8 Å². The third-order valence-corrected chi connectivity index (χ3v) is 5.27. The van der Waals surface area contributed by atoms with Gasteiger partial charge >= 0.3 is 0 Å². The van der Waals surface area contributed by atoms with E-state index in [1.807, 2.05) is 0 Å². The van der Waals surface area contributed by atoms with Crippen LogP contribution < -0.4 is 5.32 Å². The smallest absolute Gasteiger partial charge is 0.222 e. The minimum atomic E-state index is 0.427. The molecule has 0 radical (unpaired) electrons. The lowest BCUT2D eigenvalue weighted by Crippen LogP contribution is -2.55. The van der Waals surface area contributed by atoms with Gasteiger partial charge in [-0.2, -0.15) is 0 Å². The lowest BCUT2D eigenvalue weighted by Gasteiger charge is -2.44. The number of rotatable bonds is 3. The Morgan fingerprint density at radius 3 is 2.83 bits per heavy atom. The van der Waals surface area contributed by atoms with Crippen molar-refractivity contribution in [2.24, 2.45) is 11.8 Å². The minimum Gasteiger partial charge on any atom is -0.339 e. The molecular formula is C15H26N2O. The van der Waals surface area contributed by atoms with Crippen molar-refractivity contribution in [2.75, 3.05) is 19.6 Å². The molecule has 0 bridgehead atoms. The summed E-state index contributed by atoms with van der Waals surface area (Å²) in [4.78, 5) is 14.4. The van der Waals surface area contributed by atoms with Crippen LogP contribution >= 0.6 is 0 Å². The zero-order valence-corrected chi connectivity index (χ0v) is 11.4. The van der Waals surface area contributed by atoms with Crippen molar-refractivity contribution < 1.29 is 4.79 Å². The van der Waals surface area contributed by atoms with Crippen LogP contribution in [-0.4, -0.2) is 36.5 Å². The van der Waals surface area contributed by atoms with Crippen molar-refractivity contribution in [1.29, 1.82) is 0 Å². The molecule has 3 nitrogen and oxygen atoms in total. The molecule has 2 unspecified atom stereocenters. The third kappa shape index (κ3) is 2.56. The molecule has 3 rings (SSSR count). The van der Waals surface area contributed by atoms with E-state index in [4.69, 9.17) is 0 Å². The molecule has 0 aromatic carbocycles. The first-order valence-electron chi connectivity index (χ1n) is 7.85. The maximum atomic E-state index is 12.2. The highest BCUT2D eigenvalue weighted by molar-refractivity contribution is 5.77. The summed E-state index contributed by atoms with van der Waals surface area (Å²) in [7, 11) is 0. The van der Waals surface area contributed by atoms with E-state index < -0.39 is 0 Å². The summed E-state index contributed by atoms with van der Waals surface area (Å²) in [5.74, 6) is 2.05. The molecule has 1 amide bonds. The Balaban J connectivity index is 1.58. The lowest BCUT2D eigenvalue weighted by molar-refractivity contribution is -0.139. The van der Waals surface area contributed by atoms with Gasteiger partial charge in [0.1, 0.15) is 0 Å². The van der Waals surface area contributed by atoms with Gasteiger partial charge in [-0.3, -0.25) is 4.79 Å². The Morgan fingerprint density at radius 2 is 2.00 bits per heavy atom. The quantitative estimate of drug-likeness (QED) is 0.832. The number of fused-ring (bicyclic) bond motifs is 1. The predicted octanol–water partition coefficient (Wildman–Crippen LogP) is 2.17. The van der Waals surface area contributed by atoms with Crippen molar-refractivity contribution in [1.82, 2.24) is 10.2 Å². The van der Waals surface area contributed by atoms with Crippen molar-refractivity contribution in [2.45, 2.75) is 57.4 Å². The fraction of sp³-hybridized carbons (Fsp3) is 0.933. The average molecular weight is 250 g/mol. The largest absolute Gasteiger partial charge is 0.339 e. The second kappa shape index (κ2) is 5.60. The first-order chi connectivity index (χ1) is 8.84. The Labute approximate surface area is 110 Å². The van der Waals surface area contributed by atoms with Gasteiger partial charge in [-0.05, 0) is 44.2 Å². The Hall–Kier alpha value is -0.570. The molecule has 3 fully saturated rings. The van der Waals surface area contributed by atoms with Gasteiger partial charge in [0.25, 0.3) is 0 Å². The number of nitrogens with one attached hydrogen (secondary N) is 1. The second-order valence-electron chi connectivity index (χ2n) is 6.39. The van der Waals surface area contributed by atoms with E-state index in [9.17, 15) is 4.79 Å². The number of hydrogen-bond donors (Lipinski definition) is 1. The molecular weight excluding hydrogens is 224 g/mol. The topological polar surface area (TPSA) is 32.3 Å². The Kier molecular flexibility index (Phi) is 3.88. The summed E-state index contributed by atoms with van der Waals surface area (Å²) < 4.78 is 0. The second-order valence-corrected chi connectivity index (χ2v) is 6.39. The Morgan fingerprint density at radius 1 is 1.17 bits per heavy atom. The number of nitrogens with zero attached hydrogens (tertiary/aromatic N) is 1. The maximum absolute atomic E-state index is 12.2. The highest BCUT2D eigenvalue weighted by atomic mass is 16.2. The van der Waals surface area contributed by atoms with Crippen LogP contribution in [0.1, 0.15) is 51.4 Å². The van der Waals surface area contributed by atoms with E-state index in [0.29, 0.717) is 11.9 Å². The van der Waals surface area contributed by atoms with Crippen LogP contribution in [0.5, 0.6) is 0 Å². The molecule has 3 heteroatoms. The van der Waals surface area contributed by atoms with Gasteiger partial charge in [0, 0.05) is 19.0 Å². The maximum Gasteiger partial charge on any atom is 0.222 e. The summed E-state index contributed by atoms with van der Waals surface area (Å²) in [5, 5.41) is 3.48. The molecule has 3 aliphatic rings. The van der Waals surface area contributed by atoms with Crippen molar-refractivity contribution in [3.8, 4) is 0 Å². The van der Waals surface area contributed by atoms with Gasteiger partial charge in [-0.15, -0.1) is 0 Å². The van der Waals surface area contributed by atoms with Gasteiger partial charge in [-0.1, -0.05) is 25.7 Å². The zero-order chi connectivity index (χ0) is 12.4. The molecule has 2 heterocycles. The van der Waals surface area contributed by atoms with Crippen LogP contribution in [0.25, 0.3) is 0 Å². The van der Waals surface area contributed by atoms with Crippen LogP contribution in [0.4, 0.5) is 0 Å². The number of carbonyl (C=O) groups excluding carboxylic acids is 1. The van der Waals surface area contributed by atoms with E-state index in [1.54, 1.807) is 0 Å². The molecule has 18 heavy (non-hydrogen) atoms. The fourth-order valence-electron chi connectivity index (χ4n) is 4.16. The summed E-state index contributed by atoms with van der Waals surface area (Å²) in [6, 6.07) is 0.550. The number of hydrogen-bond acceptors (Lipinski definition) is 2. The van der Waals surface area contributed by atoms with E-state index in [1.165, 1.54) is 38.5 Å². The fourth-order valence-corrected chi connectivity index (χ4v) is 4.16. The SMILES string of the molecule is O=C1CCC2CNCCC2N1CCC1CCCC1. The van der Waals surface area contributed by atoms with E-state index in [-0.39, 0.29) is 0 Å². The van der Waals surface area contributed by atoms with Gasteiger partial charge in [0.05, 0.1) is 0 Å². The normalized spacial score (nSPS) is 33.8. The van der Waals surface area contributed by atoms with Gasteiger partial charge in [-0.25, -0.2) is 0 Å². The van der Waals surface area contributed by atoms with Gasteiger partial charge in [0.15, 0.2) is 0 Å². The number of amides is 1. The summed E-state index contributed by atoms with van der Waals surface area (Å²) in [6.07, 6.45) is 9.94. The van der Waals surface area contributed by atoms with E-state index in [2.05, 4.69) is 10.2 Å². The molecule has 1 saturated carbocycles. The molecule has 0 aromatic heterocycles. The summed E-state index contributed by atoms with van der Waals surface area (Å²) in [5.41, 5.74) is 0. The van der Waals surface area contributed by atoms with Crippen LogP contribution in [0.3, 0.4) is 0 Å². The molecule has 2 saturated heterocycles. The third-order valence-electron chi connectivity index (χ3n) is 5.27. The number of likely N-dealkylation sites (tertiary alicyclic amines) is 1. The summed E-state index contributed by atoms with van der Waals surface area (Å²) in [6.45, 7) is 3.25. The molecule has 0 aromatic rings. The van der Waals surface area contributed by atoms with Crippen molar-refractivity contribution in [3.63, 3.8) is 0 Å². The molecule has 1 N–H and O–H groups in total. The number of carbonyl (C=O) groups is 1. The number of piperidine rings is 2. The van der Waals surface area contributed by atoms with Gasteiger partial charge < -0.3 is 10.2 Å². The van der Waals surface area contributed by atoms with Crippen LogP contribution in [0.15, 0.2) is 0 Å². The Bertz CT molecular complexity index is 299. The highest BCUT2D eigenvalue weighted by Crippen LogP contribution is 2.31. The predicted molar refractivity (Wildman–Crippen MR) is 72.3 cm³/mol. The zero-order valence-electron chi connectivity index (χ0n) is 11.4.